The molecule has 0 aliphatic rings. The summed E-state index contributed by atoms with van der Waals surface area (Å²) in [5.74, 6) is -0.807. The van der Waals surface area contributed by atoms with Gasteiger partial charge in [-0.1, -0.05) is 24.9 Å². The van der Waals surface area contributed by atoms with E-state index in [9.17, 15) is 9.59 Å². The number of nitrogens with one attached hydrogen (secondary N) is 1. The number of aryl methyl sites for hydroxylation is 1. The fourth-order valence-corrected chi connectivity index (χ4v) is 2.26. The minimum absolute atomic E-state index is 0.351. The molecule has 0 fully saturated rings. The number of ether oxygens (including phenoxy) is 1. The third kappa shape index (κ3) is 3.50. The normalized spacial score (nSPS) is 13.7. The minimum atomic E-state index is -1.03. The molecule has 0 aliphatic heterocycles. The zero-order valence-electron chi connectivity index (χ0n) is 11.6. The number of carbonyl (C=O) groups is 2. The Bertz CT molecular complexity index is 484. The first-order valence-corrected chi connectivity index (χ1v) is 6.44. The van der Waals surface area contributed by atoms with Crippen LogP contribution >= 0.6 is 11.6 Å². The standard InChI is InChI=1S/C13H19ClN2O3/c1-5-6-13(2,12(18)19-4)15-11(17)10-7-9(14)8-16(10)3/h7-8H,5-6H2,1-4H3,(H,15,17). The van der Waals surface area contributed by atoms with E-state index in [-0.39, 0.29) is 5.91 Å². The number of nitrogens with zero attached hydrogens (tertiary/aromatic N) is 1. The van der Waals surface area contributed by atoms with Crippen LogP contribution in [0.25, 0.3) is 0 Å². The summed E-state index contributed by atoms with van der Waals surface area (Å²) in [6.07, 6.45) is 2.88. The number of methoxy groups -OCH3 is 1. The summed E-state index contributed by atoms with van der Waals surface area (Å²) in [6, 6.07) is 1.56. The molecule has 106 valence electrons. The van der Waals surface area contributed by atoms with Crippen molar-refractivity contribution in [2.24, 2.45) is 7.05 Å². The van der Waals surface area contributed by atoms with Gasteiger partial charge in [0.15, 0.2) is 0 Å². The number of aromatic nitrogens is 1. The molecule has 1 aromatic heterocycles. The molecule has 1 N–H and O–H groups in total. The molecular formula is C13H19ClN2O3. The molecule has 0 aliphatic carbocycles. The van der Waals surface area contributed by atoms with Crippen LogP contribution in [0.15, 0.2) is 12.3 Å². The summed E-state index contributed by atoms with van der Waals surface area (Å²) in [5, 5.41) is 3.20. The molecule has 1 heterocycles. The van der Waals surface area contributed by atoms with Crippen molar-refractivity contribution in [3.8, 4) is 0 Å². The highest BCUT2D eigenvalue weighted by Gasteiger charge is 2.35. The highest BCUT2D eigenvalue weighted by Crippen LogP contribution is 2.17. The topological polar surface area (TPSA) is 60.3 Å². The van der Waals surface area contributed by atoms with Crippen LogP contribution in [0, 0.1) is 0 Å². The van der Waals surface area contributed by atoms with Crippen LogP contribution in [-0.4, -0.2) is 29.1 Å². The van der Waals surface area contributed by atoms with Gasteiger partial charge >= 0.3 is 5.97 Å². The van der Waals surface area contributed by atoms with E-state index in [0.717, 1.165) is 6.42 Å². The number of esters is 1. The number of hydrogen-bond donors (Lipinski definition) is 1. The second kappa shape index (κ2) is 6.10. The molecule has 1 atom stereocenters. The molecule has 5 nitrogen and oxygen atoms in total. The Hall–Kier alpha value is -1.49. The Kier molecular flexibility index (Phi) is 5.00. The largest absolute Gasteiger partial charge is 0.467 e. The zero-order valence-corrected chi connectivity index (χ0v) is 12.4. The third-order valence-electron chi connectivity index (χ3n) is 2.98. The molecule has 0 radical (unpaired) electrons. The Balaban J connectivity index is 2.94. The minimum Gasteiger partial charge on any atom is -0.467 e. The maximum absolute atomic E-state index is 12.2. The van der Waals surface area contributed by atoms with E-state index in [4.69, 9.17) is 16.3 Å². The number of halogens is 1. The van der Waals surface area contributed by atoms with Gasteiger partial charge in [0, 0.05) is 13.2 Å². The average molecular weight is 287 g/mol. The number of hydrogen-bond acceptors (Lipinski definition) is 3. The van der Waals surface area contributed by atoms with Crippen LogP contribution in [0.1, 0.15) is 37.2 Å². The molecule has 0 saturated heterocycles. The smallest absolute Gasteiger partial charge is 0.331 e. The van der Waals surface area contributed by atoms with Gasteiger partial charge in [0.25, 0.3) is 5.91 Å². The average Bonchev–Trinajstić information content (AvgIpc) is 2.67. The fraction of sp³-hybridized carbons (Fsp3) is 0.538. The van der Waals surface area contributed by atoms with Crippen LogP contribution in [0.4, 0.5) is 0 Å². The van der Waals surface area contributed by atoms with E-state index in [2.05, 4.69) is 5.32 Å². The van der Waals surface area contributed by atoms with Gasteiger partial charge in [0.2, 0.25) is 0 Å². The Morgan fingerprint density at radius 1 is 1.53 bits per heavy atom. The summed E-state index contributed by atoms with van der Waals surface area (Å²) in [6.45, 7) is 3.59. The van der Waals surface area contributed by atoms with Crippen molar-refractivity contribution in [3.05, 3.63) is 23.0 Å². The number of amides is 1. The van der Waals surface area contributed by atoms with Crippen molar-refractivity contribution < 1.29 is 14.3 Å². The van der Waals surface area contributed by atoms with Gasteiger partial charge in [0.05, 0.1) is 12.1 Å². The lowest BCUT2D eigenvalue weighted by Gasteiger charge is -2.27. The molecule has 1 aromatic rings. The highest BCUT2D eigenvalue weighted by molar-refractivity contribution is 6.31. The number of rotatable bonds is 5. The summed E-state index contributed by atoms with van der Waals surface area (Å²) in [5.41, 5.74) is -0.631. The van der Waals surface area contributed by atoms with E-state index in [1.165, 1.54) is 7.11 Å². The van der Waals surface area contributed by atoms with Crippen molar-refractivity contribution >= 4 is 23.5 Å². The molecule has 1 unspecified atom stereocenters. The molecule has 6 heteroatoms. The Morgan fingerprint density at radius 2 is 2.16 bits per heavy atom. The van der Waals surface area contributed by atoms with Crippen molar-refractivity contribution in [1.82, 2.24) is 9.88 Å². The monoisotopic (exact) mass is 286 g/mol. The SMILES string of the molecule is CCCC(C)(NC(=O)c1cc(Cl)cn1C)C(=O)OC. The van der Waals surface area contributed by atoms with E-state index in [1.54, 1.807) is 30.8 Å². The van der Waals surface area contributed by atoms with Gasteiger partial charge in [0.1, 0.15) is 11.2 Å². The molecule has 1 amide bonds. The van der Waals surface area contributed by atoms with Gasteiger partial charge in [-0.2, -0.15) is 0 Å². The lowest BCUT2D eigenvalue weighted by Crippen LogP contribution is -2.53. The van der Waals surface area contributed by atoms with Gasteiger partial charge in [-0.25, -0.2) is 4.79 Å². The first-order chi connectivity index (χ1) is 8.84. The highest BCUT2D eigenvalue weighted by atomic mass is 35.5. The van der Waals surface area contributed by atoms with E-state index >= 15 is 0 Å². The maximum Gasteiger partial charge on any atom is 0.331 e. The van der Waals surface area contributed by atoms with Crippen LogP contribution in [0.2, 0.25) is 5.02 Å². The zero-order chi connectivity index (χ0) is 14.6. The molecular weight excluding hydrogens is 268 g/mol. The second-order valence-electron chi connectivity index (χ2n) is 4.68. The predicted octanol–water partition coefficient (Wildman–Crippen LogP) is 2.14. The molecule has 0 aromatic carbocycles. The summed E-state index contributed by atoms with van der Waals surface area (Å²) in [7, 11) is 3.03. The number of carbonyl (C=O) groups excluding carboxylic acids is 2. The van der Waals surface area contributed by atoms with Gasteiger partial charge in [-0.3, -0.25) is 4.79 Å². The first kappa shape index (κ1) is 15.6. The van der Waals surface area contributed by atoms with E-state index < -0.39 is 11.5 Å². The van der Waals surface area contributed by atoms with Crippen molar-refractivity contribution in [2.75, 3.05) is 7.11 Å². The van der Waals surface area contributed by atoms with Crippen molar-refractivity contribution in [2.45, 2.75) is 32.2 Å². The Morgan fingerprint density at radius 3 is 2.58 bits per heavy atom. The predicted molar refractivity (Wildman–Crippen MR) is 73.2 cm³/mol. The molecule has 19 heavy (non-hydrogen) atoms. The molecule has 0 spiro atoms. The van der Waals surface area contributed by atoms with Crippen LogP contribution in [0.3, 0.4) is 0 Å². The fourth-order valence-electron chi connectivity index (χ4n) is 2.01. The Labute approximate surface area is 117 Å². The lowest BCUT2D eigenvalue weighted by molar-refractivity contribution is -0.147. The maximum atomic E-state index is 12.2. The van der Waals surface area contributed by atoms with Crippen LogP contribution in [-0.2, 0) is 16.6 Å². The van der Waals surface area contributed by atoms with Gasteiger partial charge in [-0.05, 0) is 19.4 Å². The first-order valence-electron chi connectivity index (χ1n) is 6.07. The summed E-state index contributed by atoms with van der Waals surface area (Å²) in [4.78, 5) is 24.0. The third-order valence-corrected chi connectivity index (χ3v) is 3.19. The van der Waals surface area contributed by atoms with Crippen LogP contribution in [0.5, 0.6) is 0 Å². The quantitative estimate of drug-likeness (QED) is 0.844. The van der Waals surface area contributed by atoms with Crippen molar-refractivity contribution in [3.63, 3.8) is 0 Å². The lowest BCUT2D eigenvalue weighted by atomic mass is 9.96. The van der Waals surface area contributed by atoms with E-state index in [0.29, 0.717) is 17.1 Å². The van der Waals surface area contributed by atoms with Gasteiger partial charge < -0.3 is 14.6 Å². The van der Waals surface area contributed by atoms with Crippen molar-refractivity contribution in [1.29, 1.82) is 0 Å². The van der Waals surface area contributed by atoms with Gasteiger partial charge in [-0.15, -0.1) is 0 Å². The molecule has 0 saturated carbocycles. The summed E-state index contributed by atoms with van der Waals surface area (Å²) < 4.78 is 6.37. The van der Waals surface area contributed by atoms with Crippen LogP contribution < -0.4 is 5.32 Å². The molecule has 0 bridgehead atoms. The van der Waals surface area contributed by atoms with E-state index in [1.807, 2.05) is 6.92 Å². The molecule has 1 rings (SSSR count). The second-order valence-corrected chi connectivity index (χ2v) is 5.12. The summed E-state index contributed by atoms with van der Waals surface area (Å²) >= 11 is 5.84.